The van der Waals surface area contributed by atoms with Crippen LogP contribution < -0.4 is 0 Å². The van der Waals surface area contributed by atoms with Crippen LogP contribution in [-0.4, -0.2) is 58.7 Å². The Kier molecular flexibility index (Phi) is 4.60. The van der Waals surface area contributed by atoms with Crippen LogP contribution in [0, 0.1) is 17.3 Å². The van der Waals surface area contributed by atoms with Crippen molar-refractivity contribution in [3.8, 4) is 11.3 Å². The molecule has 6 rings (SSSR count). The van der Waals surface area contributed by atoms with E-state index in [2.05, 4.69) is 15.0 Å². The molecule has 2 saturated heterocycles. The predicted octanol–water partition coefficient (Wildman–Crippen LogP) is 3.60. The maximum absolute atomic E-state index is 13.1. The minimum Gasteiger partial charge on any atom is -0.300 e. The number of hydrogen-bond acceptors (Lipinski definition) is 5. The molecule has 2 aromatic heterocycles. The Morgan fingerprint density at radius 1 is 1.15 bits per heavy atom. The molecule has 10 heteroatoms. The quantitative estimate of drug-likeness (QED) is 0.669. The van der Waals surface area contributed by atoms with E-state index in [9.17, 15) is 21.6 Å². The Morgan fingerprint density at radius 3 is 2.52 bits per heavy atom. The first-order valence-electron chi connectivity index (χ1n) is 11.6. The lowest BCUT2D eigenvalue weighted by Crippen LogP contribution is -2.50. The van der Waals surface area contributed by atoms with Gasteiger partial charge < -0.3 is 0 Å². The Labute approximate surface area is 191 Å². The third-order valence-corrected chi connectivity index (χ3v) is 10.4. The van der Waals surface area contributed by atoms with Crippen LogP contribution in [0.2, 0.25) is 0 Å². The molecule has 0 amide bonds. The van der Waals surface area contributed by atoms with E-state index in [1.54, 1.807) is 0 Å². The molecule has 4 fully saturated rings. The molecule has 3 unspecified atom stereocenters. The number of nitrogens with zero attached hydrogens (tertiary/aromatic N) is 4. The third-order valence-electron chi connectivity index (χ3n) is 8.27. The van der Waals surface area contributed by atoms with Crippen molar-refractivity contribution in [1.82, 2.24) is 19.7 Å². The van der Waals surface area contributed by atoms with Crippen LogP contribution in [0.3, 0.4) is 0 Å². The molecule has 4 aliphatic rings. The molecule has 178 valence electrons. The van der Waals surface area contributed by atoms with Gasteiger partial charge in [-0.3, -0.25) is 14.6 Å². The van der Waals surface area contributed by atoms with Crippen molar-refractivity contribution in [2.45, 2.75) is 50.9 Å². The van der Waals surface area contributed by atoms with Crippen LogP contribution in [0.1, 0.15) is 43.4 Å². The molecule has 4 atom stereocenters. The van der Waals surface area contributed by atoms with Crippen molar-refractivity contribution in [1.29, 1.82) is 0 Å². The van der Waals surface area contributed by atoms with Gasteiger partial charge in [-0.2, -0.15) is 18.3 Å². The average molecular weight is 481 g/mol. The molecule has 1 spiro atoms. The molecule has 2 saturated carbocycles. The van der Waals surface area contributed by atoms with Crippen LogP contribution in [0.5, 0.6) is 0 Å². The highest BCUT2D eigenvalue weighted by Gasteiger charge is 2.60. The standard InChI is InChI=1S/C23H27F3N4O2S/c1-2-30-20(8-19(28-30)14-5-15(10-27-9-14)23(24,25)26)21-17-6-16(7-18(17)21)29-4-3-22(11-29)12-33(31,32)13-22/h5,8-10,16-18,21H,2-4,6-7,11-13H2,1H3/t16?,17-,18?,21?/m1/s1. The molecule has 2 aliphatic heterocycles. The highest BCUT2D eigenvalue weighted by Crippen LogP contribution is 2.64. The van der Waals surface area contributed by atoms with Gasteiger partial charge in [0.15, 0.2) is 9.84 Å². The zero-order chi connectivity index (χ0) is 23.2. The lowest BCUT2D eigenvalue weighted by molar-refractivity contribution is -0.137. The zero-order valence-electron chi connectivity index (χ0n) is 18.4. The van der Waals surface area contributed by atoms with Crippen molar-refractivity contribution in [2.24, 2.45) is 17.3 Å². The van der Waals surface area contributed by atoms with Gasteiger partial charge in [0.05, 0.1) is 22.8 Å². The summed E-state index contributed by atoms with van der Waals surface area (Å²) in [5.41, 5.74) is 1.28. The maximum atomic E-state index is 13.1. The topological polar surface area (TPSA) is 68.1 Å². The first kappa shape index (κ1) is 21.6. The summed E-state index contributed by atoms with van der Waals surface area (Å²) in [5, 5.41) is 4.60. The van der Waals surface area contributed by atoms with Gasteiger partial charge in [0, 0.05) is 54.1 Å². The van der Waals surface area contributed by atoms with E-state index < -0.39 is 21.6 Å². The molecule has 2 aliphatic carbocycles. The van der Waals surface area contributed by atoms with Gasteiger partial charge in [0.25, 0.3) is 0 Å². The summed E-state index contributed by atoms with van der Waals surface area (Å²) in [7, 11) is -2.81. The fraction of sp³-hybridized carbons (Fsp3) is 0.652. The first-order chi connectivity index (χ1) is 15.6. The smallest absolute Gasteiger partial charge is 0.300 e. The van der Waals surface area contributed by atoms with Gasteiger partial charge in [-0.15, -0.1) is 0 Å². The summed E-state index contributed by atoms with van der Waals surface area (Å²) in [5.74, 6) is 2.25. The fourth-order valence-electron chi connectivity index (χ4n) is 6.79. The van der Waals surface area contributed by atoms with E-state index in [1.165, 1.54) is 6.20 Å². The molecule has 0 N–H and O–H groups in total. The second-order valence-electron chi connectivity index (χ2n) is 10.5. The number of aromatic nitrogens is 3. The summed E-state index contributed by atoms with van der Waals surface area (Å²) in [6.07, 6.45) is 1.04. The van der Waals surface area contributed by atoms with Crippen molar-refractivity contribution in [2.75, 3.05) is 24.6 Å². The molecule has 0 bridgehead atoms. The molecule has 2 aromatic rings. The van der Waals surface area contributed by atoms with E-state index in [0.29, 0.717) is 53.1 Å². The van der Waals surface area contributed by atoms with E-state index in [4.69, 9.17) is 0 Å². The highest BCUT2D eigenvalue weighted by molar-refractivity contribution is 7.92. The van der Waals surface area contributed by atoms with E-state index in [0.717, 1.165) is 50.3 Å². The number of alkyl halides is 3. The third kappa shape index (κ3) is 3.60. The van der Waals surface area contributed by atoms with E-state index in [-0.39, 0.29) is 5.41 Å². The summed E-state index contributed by atoms with van der Waals surface area (Å²) >= 11 is 0. The van der Waals surface area contributed by atoms with Gasteiger partial charge in [-0.05, 0) is 56.7 Å². The number of sulfone groups is 1. The van der Waals surface area contributed by atoms with Gasteiger partial charge in [0.1, 0.15) is 0 Å². The van der Waals surface area contributed by atoms with Crippen molar-refractivity contribution in [3.63, 3.8) is 0 Å². The number of aryl methyl sites for hydroxylation is 1. The molecule has 0 radical (unpaired) electrons. The van der Waals surface area contributed by atoms with Crippen molar-refractivity contribution < 1.29 is 21.6 Å². The van der Waals surface area contributed by atoms with Gasteiger partial charge >= 0.3 is 6.18 Å². The Hall–Kier alpha value is -1.94. The number of halogens is 3. The van der Waals surface area contributed by atoms with Crippen LogP contribution in [0.15, 0.2) is 24.5 Å². The van der Waals surface area contributed by atoms with E-state index in [1.807, 2.05) is 17.7 Å². The zero-order valence-corrected chi connectivity index (χ0v) is 19.2. The van der Waals surface area contributed by atoms with Gasteiger partial charge in [0.2, 0.25) is 0 Å². The van der Waals surface area contributed by atoms with Crippen molar-refractivity contribution in [3.05, 3.63) is 35.8 Å². The predicted molar refractivity (Wildman–Crippen MR) is 116 cm³/mol. The number of likely N-dealkylation sites (tertiary alicyclic amines) is 1. The Bertz CT molecular complexity index is 1180. The van der Waals surface area contributed by atoms with Gasteiger partial charge in [-0.1, -0.05) is 0 Å². The normalized spacial score (nSPS) is 32.1. The summed E-state index contributed by atoms with van der Waals surface area (Å²) in [6.45, 7) is 4.57. The van der Waals surface area contributed by atoms with E-state index >= 15 is 0 Å². The molecule has 33 heavy (non-hydrogen) atoms. The largest absolute Gasteiger partial charge is 0.417 e. The molecular formula is C23H27F3N4O2S. The average Bonchev–Trinajstić information content (AvgIpc) is 3.18. The summed E-state index contributed by atoms with van der Waals surface area (Å²) in [6, 6.07) is 3.58. The lowest BCUT2D eigenvalue weighted by atomic mass is 9.91. The molecule has 6 nitrogen and oxygen atoms in total. The molecular weight excluding hydrogens is 453 g/mol. The SMILES string of the molecule is CCn1nc(-c2cncc(C(F)(F)F)c2)cc1C1C2CC(N3CCC4(C3)CS(=O)(=O)C4)C[C@H]21. The first-order valence-corrected chi connectivity index (χ1v) is 13.4. The van der Waals surface area contributed by atoms with Crippen LogP contribution in [0.25, 0.3) is 11.3 Å². The summed E-state index contributed by atoms with van der Waals surface area (Å²) < 4.78 is 64.6. The number of fused-ring (bicyclic) bond motifs is 1. The minimum atomic E-state index is -4.43. The minimum absolute atomic E-state index is 0.000264. The molecule has 0 aromatic carbocycles. The lowest BCUT2D eigenvalue weighted by Gasteiger charge is -2.38. The molecule has 4 heterocycles. The number of hydrogen-bond donors (Lipinski definition) is 0. The fourth-order valence-corrected chi connectivity index (χ4v) is 9.04. The maximum Gasteiger partial charge on any atom is 0.417 e. The number of rotatable bonds is 4. The second kappa shape index (κ2) is 7.04. The summed E-state index contributed by atoms with van der Waals surface area (Å²) in [4.78, 5) is 6.29. The van der Waals surface area contributed by atoms with Crippen LogP contribution in [0.4, 0.5) is 13.2 Å². The van der Waals surface area contributed by atoms with Crippen molar-refractivity contribution >= 4 is 9.84 Å². The van der Waals surface area contributed by atoms with Crippen LogP contribution in [-0.2, 0) is 22.6 Å². The second-order valence-corrected chi connectivity index (χ2v) is 12.5. The number of pyridine rings is 1. The van der Waals surface area contributed by atoms with Crippen LogP contribution >= 0.6 is 0 Å². The highest BCUT2D eigenvalue weighted by atomic mass is 32.2. The Morgan fingerprint density at radius 2 is 1.88 bits per heavy atom. The monoisotopic (exact) mass is 480 g/mol. The van der Waals surface area contributed by atoms with Gasteiger partial charge in [-0.25, -0.2) is 8.42 Å². The Balaban J connectivity index is 1.15.